The van der Waals surface area contributed by atoms with Gasteiger partial charge in [-0.25, -0.2) is 4.98 Å². The fourth-order valence-corrected chi connectivity index (χ4v) is 5.76. The maximum atomic E-state index is 13.0. The minimum absolute atomic E-state index is 0.0118. The number of ether oxygens (including phenoxy) is 2. The van der Waals surface area contributed by atoms with Crippen LogP contribution >= 0.6 is 11.3 Å². The molecule has 1 saturated carbocycles. The second kappa shape index (κ2) is 9.53. The molecule has 194 valence electrons. The summed E-state index contributed by atoms with van der Waals surface area (Å²) in [4.78, 5) is 7.00. The van der Waals surface area contributed by atoms with Crippen LogP contribution in [0.15, 0.2) is 47.0 Å². The standard InChI is InChI=1S/C26H25F3N4O3S/c27-26(28,29)35-21-4-2-1-3-18(21)23-19(24(36-32-23)15-5-6-15)14-34-17-9-11-33(12-10-17)25-31-20-8-7-16(30)13-22(20)37-25/h1-4,7-8,13,15,17H,5-6,9-12,14,30H2. The highest BCUT2D eigenvalue weighted by Crippen LogP contribution is 2.46. The lowest BCUT2D eigenvalue weighted by Crippen LogP contribution is -2.36. The first kappa shape index (κ1) is 24.1. The van der Waals surface area contributed by atoms with E-state index >= 15 is 0 Å². The summed E-state index contributed by atoms with van der Waals surface area (Å²) < 4.78 is 56.2. The Balaban J connectivity index is 1.16. The second-order valence-electron chi connectivity index (χ2n) is 9.41. The van der Waals surface area contributed by atoms with Gasteiger partial charge in [-0.1, -0.05) is 28.6 Å². The van der Waals surface area contributed by atoms with Crippen LogP contribution in [0.4, 0.5) is 24.0 Å². The van der Waals surface area contributed by atoms with Crippen molar-refractivity contribution in [2.75, 3.05) is 23.7 Å². The number of benzene rings is 2. The number of fused-ring (bicyclic) bond motifs is 1. The monoisotopic (exact) mass is 530 g/mol. The number of hydrogen-bond acceptors (Lipinski definition) is 8. The van der Waals surface area contributed by atoms with Gasteiger partial charge < -0.3 is 24.6 Å². The third-order valence-corrected chi connectivity index (χ3v) is 7.79. The molecule has 0 atom stereocenters. The molecular formula is C26H25F3N4O3S. The molecule has 4 aromatic rings. The minimum Gasteiger partial charge on any atom is -0.405 e. The molecule has 0 radical (unpaired) electrons. The van der Waals surface area contributed by atoms with E-state index in [2.05, 4.69) is 14.8 Å². The van der Waals surface area contributed by atoms with Gasteiger partial charge in [0, 0.05) is 35.8 Å². The van der Waals surface area contributed by atoms with Crippen LogP contribution in [-0.4, -0.2) is 35.7 Å². The van der Waals surface area contributed by atoms with Crippen LogP contribution in [-0.2, 0) is 11.3 Å². The number of hydrogen-bond donors (Lipinski definition) is 1. The zero-order valence-electron chi connectivity index (χ0n) is 19.8. The molecule has 0 spiro atoms. The van der Waals surface area contributed by atoms with Gasteiger partial charge in [0.25, 0.3) is 0 Å². The van der Waals surface area contributed by atoms with Gasteiger partial charge in [0.05, 0.1) is 22.9 Å². The van der Waals surface area contributed by atoms with Crippen molar-refractivity contribution in [3.63, 3.8) is 0 Å². The lowest BCUT2D eigenvalue weighted by Gasteiger charge is -2.31. The zero-order valence-corrected chi connectivity index (χ0v) is 20.6. The molecule has 7 nitrogen and oxygen atoms in total. The number of nitrogens with zero attached hydrogens (tertiary/aromatic N) is 3. The summed E-state index contributed by atoms with van der Waals surface area (Å²) in [5.41, 5.74) is 8.84. The molecule has 6 rings (SSSR count). The van der Waals surface area contributed by atoms with Crippen LogP contribution in [0, 0.1) is 0 Å². The number of nitrogen functional groups attached to an aromatic ring is 1. The summed E-state index contributed by atoms with van der Waals surface area (Å²) in [5, 5.41) is 5.12. The van der Waals surface area contributed by atoms with Crippen molar-refractivity contribution in [1.29, 1.82) is 0 Å². The summed E-state index contributed by atoms with van der Waals surface area (Å²) in [6.45, 7) is 1.82. The minimum atomic E-state index is -4.81. The molecule has 1 aliphatic carbocycles. The molecule has 2 aliphatic rings. The van der Waals surface area contributed by atoms with E-state index in [1.54, 1.807) is 23.5 Å². The number of anilines is 2. The second-order valence-corrected chi connectivity index (χ2v) is 10.4. The average molecular weight is 531 g/mol. The number of aromatic nitrogens is 2. The first-order chi connectivity index (χ1) is 17.8. The molecule has 2 aromatic carbocycles. The van der Waals surface area contributed by atoms with Crippen LogP contribution in [0.25, 0.3) is 21.5 Å². The van der Waals surface area contributed by atoms with Gasteiger partial charge in [0.1, 0.15) is 17.2 Å². The lowest BCUT2D eigenvalue weighted by molar-refractivity contribution is -0.274. The summed E-state index contributed by atoms with van der Waals surface area (Å²) in [5.74, 6) is 0.617. The maximum Gasteiger partial charge on any atom is 0.573 e. The molecule has 2 N–H and O–H groups in total. The molecule has 2 aromatic heterocycles. The van der Waals surface area contributed by atoms with Crippen molar-refractivity contribution in [3.8, 4) is 17.0 Å². The topological polar surface area (TPSA) is 86.6 Å². The van der Waals surface area contributed by atoms with E-state index in [4.69, 9.17) is 20.0 Å². The van der Waals surface area contributed by atoms with Crippen molar-refractivity contribution in [2.24, 2.45) is 0 Å². The van der Waals surface area contributed by atoms with Gasteiger partial charge in [0.2, 0.25) is 0 Å². The summed E-state index contributed by atoms with van der Waals surface area (Å²) in [7, 11) is 0. The van der Waals surface area contributed by atoms with Crippen molar-refractivity contribution in [2.45, 2.75) is 50.7 Å². The molecule has 2 fully saturated rings. The van der Waals surface area contributed by atoms with Crippen molar-refractivity contribution in [3.05, 3.63) is 53.8 Å². The Morgan fingerprint density at radius 3 is 2.62 bits per heavy atom. The molecule has 37 heavy (non-hydrogen) atoms. The Hall–Kier alpha value is -3.31. The first-order valence-electron chi connectivity index (χ1n) is 12.2. The molecule has 0 unspecified atom stereocenters. The maximum absolute atomic E-state index is 13.0. The Morgan fingerprint density at radius 2 is 1.86 bits per heavy atom. The summed E-state index contributed by atoms with van der Waals surface area (Å²) in [6.07, 6.45) is -1.24. The first-order valence-corrected chi connectivity index (χ1v) is 13.0. The fourth-order valence-electron chi connectivity index (χ4n) is 4.69. The number of thiazole rings is 1. The van der Waals surface area contributed by atoms with Gasteiger partial charge in [-0.3, -0.25) is 0 Å². The van der Waals surface area contributed by atoms with E-state index in [1.165, 1.54) is 12.1 Å². The predicted octanol–water partition coefficient (Wildman–Crippen LogP) is 6.50. The fraction of sp³-hybridized carbons (Fsp3) is 0.385. The van der Waals surface area contributed by atoms with E-state index in [0.717, 1.165) is 59.8 Å². The number of nitrogens with two attached hydrogens (primary N) is 1. The highest BCUT2D eigenvalue weighted by Gasteiger charge is 2.36. The van der Waals surface area contributed by atoms with E-state index in [1.807, 2.05) is 18.2 Å². The highest BCUT2D eigenvalue weighted by atomic mass is 32.1. The highest BCUT2D eigenvalue weighted by molar-refractivity contribution is 7.22. The number of alkyl halides is 3. The molecule has 0 bridgehead atoms. The number of para-hydroxylation sites is 1. The number of piperidine rings is 1. The van der Waals surface area contributed by atoms with E-state index < -0.39 is 6.36 Å². The third kappa shape index (κ3) is 5.24. The van der Waals surface area contributed by atoms with E-state index in [9.17, 15) is 13.2 Å². The van der Waals surface area contributed by atoms with Crippen molar-refractivity contribution in [1.82, 2.24) is 10.1 Å². The largest absolute Gasteiger partial charge is 0.573 e. The Labute approximate surface area is 215 Å². The van der Waals surface area contributed by atoms with Gasteiger partial charge in [-0.15, -0.1) is 13.2 Å². The molecular weight excluding hydrogens is 505 g/mol. The van der Waals surface area contributed by atoms with Crippen LogP contribution in [0.2, 0.25) is 0 Å². The summed E-state index contributed by atoms with van der Waals surface area (Å²) >= 11 is 1.63. The lowest BCUT2D eigenvalue weighted by atomic mass is 10.0. The molecule has 1 saturated heterocycles. The van der Waals surface area contributed by atoms with E-state index in [-0.39, 0.29) is 29.9 Å². The van der Waals surface area contributed by atoms with Gasteiger partial charge in [0.15, 0.2) is 5.13 Å². The van der Waals surface area contributed by atoms with Crippen LogP contribution < -0.4 is 15.4 Å². The quantitative estimate of drug-likeness (QED) is 0.273. The van der Waals surface area contributed by atoms with Crippen LogP contribution in [0.1, 0.15) is 42.9 Å². The molecule has 0 amide bonds. The molecule has 11 heteroatoms. The smallest absolute Gasteiger partial charge is 0.405 e. The molecule has 3 heterocycles. The predicted molar refractivity (Wildman–Crippen MR) is 135 cm³/mol. The normalized spacial score (nSPS) is 17.0. The van der Waals surface area contributed by atoms with Gasteiger partial charge >= 0.3 is 6.36 Å². The SMILES string of the molecule is Nc1ccc2nc(N3CCC(OCc4c(-c5ccccc5OC(F)(F)F)noc4C4CC4)CC3)sc2c1. The Kier molecular flexibility index (Phi) is 6.20. The van der Waals surface area contributed by atoms with Gasteiger partial charge in [-0.05, 0) is 56.0 Å². The Morgan fingerprint density at radius 1 is 1.08 bits per heavy atom. The van der Waals surface area contributed by atoms with Crippen LogP contribution in [0.5, 0.6) is 5.75 Å². The van der Waals surface area contributed by atoms with Gasteiger partial charge in [-0.2, -0.15) is 0 Å². The van der Waals surface area contributed by atoms with Crippen LogP contribution in [0.3, 0.4) is 0 Å². The Bertz CT molecular complexity index is 1410. The molecule has 1 aliphatic heterocycles. The average Bonchev–Trinajstić information content (AvgIpc) is 3.49. The number of halogens is 3. The van der Waals surface area contributed by atoms with Crippen molar-refractivity contribution < 1.29 is 27.2 Å². The number of rotatable bonds is 7. The zero-order chi connectivity index (χ0) is 25.6. The summed E-state index contributed by atoms with van der Waals surface area (Å²) in [6, 6.07) is 11.7. The third-order valence-electron chi connectivity index (χ3n) is 6.71. The van der Waals surface area contributed by atoms with Crippen molar-refractivity contribution >= 4 is 32.4 Å². The van der Waals surface area contributed by atoms with E-state index in [0.29, 0.717) is 17.0 Å².